The van der Waals surface area contributed by atoms with Crippen molar-refractivity contribution >= 4 is 27.5 Å². The SMILES string of the molecule is CCCCCC(C)NC(=O)Cn1cnc2cc(-c3ccc(OC)cc3)sc2c1=O. The van der Waals surface area contributed by atoms with E-state index in [9.17, 15) is 9.59 Å². The molecule has 1 aromatic carbocycles. The number of rotatable bonds is 9. The first-order chi connectivity index (χ1) is 14.0. The average molecular weight is 414 g/mol. The summed E-state index contributed by atoms with van der Waals surface area (Å²) in [5, 5.41) is 2.97. The maximum atomic E-state index is 12.8. The lowest BCUT2D eigenvalue weighted by Crippen LogP contribution is -2.37. The summed E-state index contributed by atoms with van der Waals surface area (Å²) in [6.07, 6.45) is 5.81. The second kappa shape index (κ2) is 9.69. The topological polar surface area (TPSA) is 73.2 Å². The van der Waals surface area contributed by atoms with Gasteiger partial charge in [0, 0.05) is 10.9 Å². The van der Waals surface area contributed by atoms with Gasteiger partial charge in [0.1, 0.15) is 17.0 Å². The van der Waals surface area contributed by atoms with Crippen molar-refractivity contribution in [3.8, 4) is 16.2 Å². The van der Waals surface area contributed by atoms with Crippen molar-refractivity contribution in [2.75, 3.05) is 7.11 Å². The third-order valence-electron chi connectivity index (χ3n) is 4.84. The van der Waals surface area contributed by atoms with Crippen LogP contribution >= 0.6 is 11.3 Å². The van der Waals surface area contributed by atoms with Crippen molar-refractivity contribution < 1.29 is 9.53 Å². The fourth-order valence-electron chi connectivity index (χ4n) is 3.20. The lowest BCUT2D eigenvalue weighted by Gasteiger charge is -2.14. The summed E-state index contributed by atoms with van der Waals surface area (Å²) in [6.45, 7) is 4.14. The summed E-state index contributed by atoms with van der Waals surface area (Å²) < 4.78 is 7.13. The van der Waals surface area contributed by atoms with Gasteiger partial charge in [0.25, 0.3) is 5.56 Å². The van der Waals surface area contributed by atoms with Crippen molar-refractivity contribution in [3.63, 3.8) is 0 Å². The third kappa shape index (κ3) is 5.23. The van der Waals surface area contributed by atoms with E-state index in [-0.39, 0.29) is 24.1 Å². The second-order valence-corrected chi connectivity index (χ2v) is 8.25. The lowest BCUT2D eigenvalue weighted by atomic mass is 10.1. The molecule has 0 bridgehead atoms. The number of methoxy groups -OCH3 is 1. The molecule has 154 valence electrons. The third-order valence-corrected chi connectivity index (χ3v) is 6.00. The van der Waals surface area contributed by atoms with Gasteiger partial charge in [0.15, 0.2) is 0 Å². The molecule has 0 spiro atoms. The van der Waals surface area contributed by atoms with Gasteiger partial charge in [0.05, 0.1) is 19.0 Å². The van der Waals surface area contributed by atoms with Crippen LogP contribution in [0.4, 0.5) is 0 Å². The molecule has 0 aliphatic heterocycles. The number of hydrogen-bond acceptors (Lipinski definition) is 5. The molecule has 0 saturated carbocycles. The van der Waals surface area contributed by atoms with E-state index >= 15 is 0 Å². The molecule has 1 unspecified atom stereocenters. The molecule has 1 amide bonds. The van der Waals surface area contributed by atoms with Gasteiger partial charge < -0.3 is 10.1 Å². The van der Waals surface area contributed by atoms with E-state index in [4.69, 9.17) is 4.74 Å². The van der Waals surface area contributed by atoms with Gasteiger partial charge >= 0.3 is 0 Å². The Balaban J connectivity index is 1.74. The number of carbonyl (C=O) groups is 1. The van der Waals surface area contributed by atoms with E-state index in [1.807, 2.05) is 37.3 Å². The molecule has 2 aromatic heterocycles. The van der Waals surface area contributed by atoms with Crippen LogP contribution in [0.3, 0.4) is 0 Å². The van der Waals surface area contributed by atoms with Gasteiger partial charge in [-0.1, -0.05) is 26.2 Å². The first-order valence-electron chi connectivity index (χ1n) is 9.94. The number of hydrogen-bond donors (Lipinski definition) is 1. The molecule has 3 rings (SSSR count). The Morgan fingerprint density at radius 1 is 1.28 bits per heavy atom. The predicted molar refractivity (Wildman–Crippen MR) is 118 cm³/mol. The molecule has 0 fully saturated rings. The van der Waals surface area contributed by atoms with Crippen molar-refractivity contribution in [3.05, 3.63) is 47.0 Å². The summed E-state index contributed by atoms with van der Waals surface area (Å²) in [4.78, 5) is 30.5. The summed E-state index contributed by atoms with van der Waals surface area (Å²) in [6, 6.07) is 9.69. The number of amides is 1. The number of thiophene rings is 1. The molecule has 0 aliphatic carbocycles. The number of fused-ring (bicyclic) bond motifs is 1. The van der Waals surface area contributed by atoms with Gasteiger partial charge in [-0.3, -0.25) is 14.2 Å². The van der Waals surface area contributed by atoms with E-state index in [0.29, 0.717) is 10.2 Å². The zero-order valence-electron chi connectivity index (χ0n) is 17.1. The Morgan fingerprint density at radius 3 is 2.72 bits per heavy atom. The molecular formula is C22H27N3O3S. The Morgan fingerprint density at radius 2 is 2.03 bits per heavy atom. The zero-order chi connectivity index (χ0) is 20.8. The minimum absolute atomic E-state index is 0.0182. The van der Waals surface area contributed by atoms with Crippen molar-refractivity contribution in [1.82, 2.24) is 14.9 Å². The van der Waals surface area contributed by atoms with E-state index in [0.717, 1.165) is 41.9 Å². The highest BCUT2D eigenvalue weighted by Gasteiger charge is 2.13. The minimum atomic E-state index is -0.187. The van der Waals surface area contributed by atoms with E-state index in [2.05, 4.69) is 17.2 Å². The molecule has 1 atom stereocenters. The molecule has 0 saturated heterocycles. The Bertz CT molecular complexity index is 1020. The highest BCUT2D eigenvalue weighted by molar-refractivity contribution is 7.22. The predicted octanol–water partition coefficient (Wildman–Crippen LogP) is 4.22. The van der Waals surface area contributed by atoms with Gasteiger partial charge in [-0.05, 0) is 49.2 Å². The number of aromatic nitrogens is 2. The maximum absolute atomic E-state index is 12.8. The van der Waals surface area contributed by atoms with Crippen molar-refractivity contribution in [2.45, 2.75) is 52.1 Å². The quantitative estimate of drug-likeness (QED) is 0.533. The highest BCUT2D eigenvalue weighted by Crippen LogP contribution is 2.31. The van der Waals surface area contributed by atoms with Crippen LogP contribution < -0.4 is 15.6 Å². The number of ether oxygens (including phenoxy) is 1. The molecule has 0 aliphatic rings. The van der Waals surface area contributed by atoms with Gasteiger partial charge in [-0.25, -0.2) is 4.98 Å². The lowest BCUT2D eigenvalue weighted by molar-refractivity contribution is -0.122. The van der Waals surface area contributed by atoms with Crippen LogP contribution in [-0.4, -0.2) is 28.6 Å². The van der Waals surface area contributed by atoms with E-state index < -0.39 is 0 Å². The van der Waals surface area contributed by atoms with Crippen molar-refractivity contribution in [1.29, 1.82) is 0 Å². The zero-order valence-corrected chi connectivity index (χ0v) is 17.9. The first-order valence-corrected chi connectivity index (χ1v) is 10.8. The molecule has 6 nitrogen and oxygen atoms in total. The van der Waals surface area contributed by atoms with Crippen LogP contribution in [0.25, 0.3) is 20.7 Å². The standard InChI is InChI=1S/C22H27N3O3S/c1-4-5-6-7-15(2)24-20(26)13-25-14-23-18-12-19(29-21(18)22(25)27)16-8-10-17(28-3)11-9-16/h8-12,14-15H,4-7,13H2,1-3H3,(H,24,26). The fourth-order valence-corrected chi connectivity index (χ4v) is 4.27. The summed E-state index contributed by atoms with van der Waals surface area (Å²) in [5.74, 6) is 0.620. The first kappa shape index (κ1) is 21.0. The molecular weight excluding hydrogens is 386 g/mol. The highest BCUT2D eigenvalue weighted by atomic mass is 32.1. The summed E-state index contributed by atoms with van der Waals surface area (Å²) >= 11 is 1.39. The van der Waals surface area contributed by atoms with Crippen LogP contribution in [0, 0.1) is 0 Å². The molecule has 2 heterocycles. The van der Waals surface area contributed by atoms with Crippen LogP contribution in [-0.2, 0) is 11.3 Å². The number of nitrogens with one attached hydrogen (secondary N) is 1. The monoisotopic (exact) mass is 413 g/mol. The largest absolute Gasteiger partial charge is 0.497 e. The Hall–Kier alpha value is -2.67. The number of nitrogens with zero attached hydrogens (tertiary/aromatic N) is 2. The smallest absolute Gasteiger partial charge is 0.271 e. The number of carbonyl (C=O) groups excluding carboxylic acids is 1. The molecule has 29 heavy (non-hydrogen) atoms. The summed E-state index contributed by atoms with van der Waals surface area (Å²) in [7, 11) is 1.63. The van der Waals surface area contributed by atoms with Gasteiger partial charge in [0.2, 0.25) is 5.91 Å². The second-order valence-electron chi connectivity index (χ2n) is 7.20. The summed E-state index contributed by atoms with van der Waals surface area (Å²) in [5.41, 5.74) is 1.46. The average Bonchev–Trinajstić information content (AvgIpc) is 3.15. The van der Waals surface area contributed by atoms with Gasteiger partial charge in [-0.15, -0.1) is 11.3 Å². The van der Waals surface area contributed by atoms with Crippen LogP contribution in [0.15, 0.2) is 41.5 Å². The Kier molecular flexibility index (Phi) is 7.04. The van der Waals surface area contributed by atoms with Crippen LogP contribution in [0.5, 0.6) is 5.75 Å². The van der Waals surface area contributed by atoms with E-state index in [1.54, 1.807) is 7.11 Å². The Labute approximate surface area is 174 Å². The van der Waals surface area contributed by atoms with E-state index in [1.165, 1.54) is 22.2 Å². The molecule has 1 N–H and O–H groups in total. The van der Waals surface area contributed by atoms with Crippen molar-refractivity contribution in [2.24, 2.45) is 0 Å². The maximum Gasteiger partial charge on any atom is 0.271 e. The van der Waals surface area contributed by atoms with Crippen LogP contribution in [0.2, 0.25) is 0 Å². The number of unbranched alkanes of at least 4 members (excludes halogenated alkanes) is 2. The normalized spacial score (nSPS) is 12.1. The van der Waals surface area contributed by atoms with Crippen LogP contribution in [0.1, 0.15) is 39.5 Å². The fraction of sp³-hybridized carbons (Fsp3) is 0.409. The molecule has 0 radical (unpaired) electrons. The van der Waals surface area contributed by atoms with Gasteiger partial charge in [-0.2, -0.15) is 0 Å². The minimum Gasteiger partial charge on any atom is -0.497 e. The number of benzene rings is 1. The molecule has 3 aromatic rings. The molecule has 7 heteroatoms.